The van der Waals surface area contributed by atoms with Gasteiger partial charge in [0.1, 0.15) is 29.4 Å². The smallest absolute Gasteiger partial charge is 0.417 e. The number of ether oxygens (including phenoxy) is 1. The first-order chi connectivity index (χ1) is 18.2. The molecule has 1 aliphatic heterocycles. The lowest BCUT2D eigenvalue weighted by Crippen LogP contribution is -2.36. The first-order valence-electron chi connectivity index (χ1n) is 12.6. The first-order valence-corrected chi connectivity index (χ1v) is 13.0. The molecule has 1 atom stereocenters. The van der Waals surface area contributed by atoms with Crippen molar-refractivity contribution in [1.82, 2.24) is 29.5 Å². The number of methoxy groups -OCH3 is 1. The van der Waals surface area contributed by atoms with Crippen molar-refractivity contribution in [3.63, 3.8) is 0 Å². The van der Waals surface area contributed by atoms with Gasteiger partial charge < -0.3 is 9.30 Å². The number of alkyl halides is 3. The lowest BCUT2D eigenvalue weighted by atomic mass is 9.70. The molecular weight excluding hydrogens is 517 g/mol. The predicted octanol–water partition coefficient (Wildman–Crippen LogP) is 6.40. The third kappa shape index (κ3) is 4.24. The molecule has 38 heavy (non-hydrogen) atoms. The van der Waals surface area contributed by atoms with Gasteiger partial charge in [-0.3, -0.25) is 0 Å². The van der Waals surface area contributed by atoms with Gasteiger partial charge in [0.2, 0.25) is 0 Å². The summed E-state index contributed by atoms with van der Waals surface area (Å²) in [5.74, 6) is 3.06. The maximum Gasteiger partial charge on any atom is 0.417 e. The molecule has 1 fully saturated rings. The Morgan fingerprint density at radius 2 is 1.95 bits per heavy atom. The number of halogens is 4. The second-order valence-corrected chi connectivity index (χ2v) is 10.6. The number of nitrogens with zero attached hydrogens (tertiary/aromatic N) is 6. The molecule has 0 radical (unpaired) electrons. The van der Waals surface area contributed by atoms with Crippen molar-refractivity contribution in [3.8, 4) is 22.8 Å². The van der Waals surface area contributed by atoms with Crippen molar-refractivity contribution >= 4 is 11.6 Å². The highest BCUT2D eigenvalue weighted by molar-refractivity contribution is 6.31. The molecule has 11 heteroatoms. The maximum atomic E-state index is 13.8. The van der Waals surface area contributed by atoms with Crippen molar-refractivity contribution in [2.75, 3.05) is 7.11 Å². The number of rotatable bonds is 6. The molecule has 2 aliphatic rings. The minimum atomic E-state index is -4.54. The molecule has 2 aromatic heterocycles. The van der Waals surface area contributed by atoms with Gasteiger partial charge in [0, 0.05) is 12.1 Å². The van der Waals surface area contributed by atoms with E-state index < -0.39 is 17.2 Å². The van der Waals surface area contributed by atoms with Crippen LogP contribution in [0, 0.1) is 12.8 Å². The van der Waals surface area contributed by atoms with Crippen LogP contribution in [0.1, 0.15) is 54.9 Å². The van der Waals surface area contributed by atoms with Crippen LogP contribution in [0.2, 0.25) is 5.02 Å². The minimum Gasteiger partial charge on any atom is -0.494 e. The molecule has 4 aromatic rings. The van der Waals surface area contributed by atoms with Gasteiger partial charge >= 0.3 is 6.18 Å². The van der Waals surface area contributed by atoms with E-state index in [4.69, 9.17) is 16.3 Å². The summed E-state index contributed by atoms with van der Waals surface area (Å²) in [5, 5.41) is 13.3. The van der Waals surface area contributed by atoms with E-state index in [0.29, 0.717) is 47.7 Å². The molecular formula is C27H26ClF3N6O. The molecule has 0 saturated heterocycles. The van der Waals surface area contributed by atoms with Gasteiger partial charge in [-0.15, -0.1) is 10.2 Å². The summed E-state index contributed by atoms with van der Waals surface area (Å²) in [7, 11) is 1.59. The number of aromatic nitrogens is 6. The highest BCUT2D eigenvalue weighted by atomic mass is 35.5. The van der Waals surface area contributed by atoms with E-state index in [1.807, 2.05) is 25.1 Å². The number of benzene rings is 2. The van der Waals surface area contributed by atoms with Gasteiger partial charge in [-0.05, 0) is 68.0 Å². The van der Waals surface area contributed by atoms with Gasteiger partial charge in [0.25, 0.3) is 0 Å². The average molecular weight is 543 g/mol. The Morgan fingerprint density at radius 1 is 1.13 bits per heavy atom. The van der Waals surface area contributed by atoms with Gasteiger partial charge in [-0.2, -0.15) is 18.3 Å². The second-order valence-electron chi connectivity index (χ2n) is 10.1. The molecule has 0 bridgehead atoms. The lowest BCUT2D eigenvalue weighted by Gasteiger charge is -2.38. The topological polar surface area (TPSA) is 70.7 Å². The summed E-state index contributed by atoms with van der Waals surface area (Å²) in [6.07, 6.45) is 1.46. The fraction of sp³-hybridized carbons (Fsp3) is 0.407. The second kappa shape index (κ2) is 9.11. The molecule has 7 nitrogen and oxygen atoms in total. The van der Waals surface area contributed by atoms with E-state index >= 15 is 0 Å². The average Bonchev–Trinajstić information content (AvgIpc) is 3.41. The largest absolute Gasteiger partial charge is 0.494 e. The number of hydrogen-bond donors (Lipinski definition) is 0. The number of fused-ring (bicyclic) bond motifs is 1. The van der Waals surface area contributed by atoms with Gasteiger partial charge in [0.05, 0.1) is 23.1 Å². The van der Waals surface area contributed by atoms with E-state index in [-0.39, 0.29) is 5.02 Å². The van der Waals surface area contributed by atoms with E-state index in [2.05, 4.69) is 24.8 Å². The Bertz CT molecular complexity index is 1510. The number of aryl methyl sites for hydroxylation is 1. The summed E-state index contributed by atoms with van der Waals surface area (Å²) in [4.78, 5) is 4.19. The van der Waals surface area contributed by atoms with Crippen LogP contribution in [0.15, 0.2) is 42.7 Å². The molecule has 1 aliphatic carbocycles. The van der Waals surface area contributed by atoms with Crippen molar-refractivity contribution < 1.29 is 17.9 Å². The minimum absolute atomic E-state index is 0.296. The van der Waals surface area contributed by atoms with Crippen molar-refractivity contribution in [3.05, 3.63) is 70.5 Å². The van der Waals surface area contributed by atoms with Gasteiger partial charge in [-0.1, -0.05) is 30.5 Å². The van der Waals surface area contributed by atoms with Crippen LogP contribution < -0.4 is 4.74 Å². The highest BCUT2D eigenvalue weighted by Gasteiger charge is 2.46. The Hall–Kier alpha value is -3.40. The Balaban J connectivity index is 1.46. The van der Waals surface area contributed by atoms with Crippen LogP contribution in [0.3, 0.4) is 0 Å². The standard InChI is InChI=1S/C27H26ClF3N6O/c1-16-32-15-37(35-16)22-9-6-18(12-23(22)38-2)24-33-34-25-26(14-17-4-5-17,10-3-11-36(24)25)19-7-8-21(28)20(13-19)27(29,30)31/h6-9,12-13,15,17H,3-5,10-11,14H2,1-2H3. The molecule has 0 amide bonds. The van der Waals surface area contributed by atoms with Crippen LogP contribution in [-0.2, 0) is 18.1 Å². The maximum absolute atomic E-state index is 13.8. The van der Waals surface area contributed by atoms with Crippen molar-refractivity contribution in [2.45, 2.75) is 57.2 Å². The zero-order valence-corrected chi connectivity index (χ0v) is 21.7. The third-order valence-corrected chi connectivity index (χ3v) is 7.94. The molecule has 0 spiro atoms. The molecule has 6 rings (SSSR count). The molecule has 1 unspecified atom stereocenters. The fourth-order valence-electron chi connectivity index (χ4n) is 5.64. The molecule has 1 saturated carbocycles. The van der Waals surface area contributed by atoms with Crippen molar-refractivity contribution in [2.24, 2.45) is 5.92 Å². The summed E-state index contributed by atoms with van der Waals surface area (Å²) < 4.78 is 50.8. The quantitative estimate of drug-likeness (QED) is 0.282. The summed E-state index contributed by atoms with van der Waals surface area (Å²) in [6.45, 7) is 2.49. The summed E-state index contributed by atoms with van der Waals surface area (Å²) in [5.41, 5.74) is 0.648. The molecule has 2 aromatic carbocycles. The number of hydrogen-bond acceptors (Lipinski definition) is 5. The first kappa shape index (κ1) is 24.9. The molecule has 0 N–H and O–H groups in total. The Morgan fingerprint density at radius 3 is 2.63 bits per heavy atom. The van der Waals surface area contributed by atoms with Crippen LogP contribution in [0.25, 0.3) is 17.1 Å². The normalized spacial score (nSPS) is 19.4. The monoisotopic (exact) mass is 542 g/mol. The van der Waals surface area contributed by atoms with E-state index in [1.54, 1.807) is 24.2 Å². The zero-order chi connectivity index (χ0) is 26.7. The van der Waals surface area contributed by atoms with Crippen LogP contribution in [-0.4, -0.2) is 36.6 Å². The Labute approximate surface area is 222 Å². The van der Waals surface area contributed by atoms with Gasteiger partial charge in [-0.25, -0.2) is 9.67 Å². The van der Waals surface area contributed by atoms with Crippen LogP contribution >= 0.6 is 11.6 Å². The van der Waals surface area contributed by atoms with Crippen molar-refractivity contribution in [1.29, 1.82) is 0 Å². The van der Waals surface area contributed by atoms with E-state index in [0.717, 1.165) is 36.9 Å². The predicted molar refractivity (Wildman–Crippen MR) is 135 cm³/mol. The molecule has 198 valence electrons. The highest BCUT2D eigenvalue weighted by Crippen LogP contribution is 2.51. The van der Waals surface area contributed by atoms with Crippen LogP contribution in [0.5, 0.6) is 5.75 Å². The third-order valence-electron chi connectivity index (χ3n) is 7.61. The zero-order valence-electron chi connectivity index (χ0n) is 21.0. The fourth-order valence-corrected chi connectivity index (χ4v) is 5.87. The summed E-state index contributed by atoms with van der Waals surface area (Å²) >= 11 is 5.98. The lowest BCUT2D eigenvalue weighted by molar-refractivity contribution is -0.137. The summed E-state index contributed by atoms with van der Waals surface area (Å²) in [6, 6.07) is 9.99. The van der Waals surface area contributed by atoms with E-state index in [9.17, 15) is 13.2 Å². The molecule has 3 heterocycles. The van der Waals surface area contributed by atoms with Crippen LogP contribution in [0.4, 0.5) is 13.2 Å². The van der Waals surface area contributed by atoms with E-state index in [1.165, 1.54) is 12.1 Å². The van der Waals surface area contributed by atoms with Gasteiger partial charge in [0.15, 0.2) is 5.82 Å². The Kier molecular flexibility index (Phi) is 5.97. The SMILES string of the molecule is COc1cc(-c2nnc3n2CCCC3(CC2CC2)c2ccc(Cl)c(C(F)(F)F)c2)ccc1-n1cnc(C)n1.